The topological polar surface area (TPSA) is 312 Å². The van der Waals surface area contributed by atoms with Gasteiger partial charge in [-0.3, -0.25) is 38.7 Å². The molecule has 22 nitrogen and oxygen atoms in total. The number of primary amides is 1. The van der Waals surface area contributed by atoms with Gasteiger partial charge < -0.3 is 52.4 Å². The zero-order chi connectivity index (χ0) is 53.9. The van der Waals surface area contributed by atoms with E-state index in [1.54, 1.807) is 50.5 Å². The van der Waals surface area contributed by atoms with Crippen LogP contribution in [0.25, 0.3) is 11.3 Å². The number of morpholine rings is 1. The number of hydrogen-bond donors (Lipinski definition) is 7. The zero-order valence-electron chi connectivity index (χ0n) is 41.9. The van der Waals surface area contributed by atoms with Crippen molar-refractivity contribution >= 4 is 76.2 Å². The lowest BCUT2D eigenvalue weighted by molar-refractivity contribution is -0.137. The highest BCUT2D eigenvalue weighted by Gasteiger charge is 2.29. The summed E-state index contributed by atoms with van der Waals surface area (Å²) in [5, 5.41) is 14.0. The molecule has 2 aromatic heterocycles. The van der Waals surface area contributed by atoms with Crippen molar-refractivity contribution in [1.82, 2.24) is 41.1 Å². The molecule has 2 aliphatic rings. The molecule has 23 heteroatoms. The van der Waals surface area contributed by atoms with Crippen molar-refractivity contribution in [2.24, 2.45) is 11.7 Å². The molecular formula is C52H63ClN12O10. The van der Waals surface area contributed by atoms with Crippen molar-refractivity contribution in [3.05, 3.63) is 107 Å². The summed E-state index contributed by atoms with van der Waals surface area (Å²) in [7, 11) is 0. The fraction of sp³-hybridized carbons (Fsp3) is 0.404. The molecule has 6 rings (SSSR count). The molecule has 1 saturated heterocycles. The van der Waals surface area contributed by atoms with Crippen LogP contribution in [0.2, 0.25) is 5.02 Å². The minimum Gasteiger partial charge on any atom is -0.445 e. The summed E-state index contributed by atoms with van der Waals surface area (Å²) < 4.78 is 10.9. The molecule has 2 atom stereocenters. The van der Waals surface area contributed by atoms with Crippen molar-refractivity contribution in [1.29, 1.82) is 0 Å². The first-order valence-electron chi connectivity index (χ1n) is 24.7. The number of ketones is 1. The minimum atomic E-state index is -1.05. The monoisotopic (exact) mass is 1050 g/mol. The van der Waals surface area contributed by atoms with E-state index >= 15 is 0 Å². The van der Waals surface area contributed by atoms with Crippen LogP contribution in [0.1, 0.15) is 79.6 Å². The molecular weight excluding hydrogens is 988 g/mol. The first kappa shape index (κ1) is 56.3. The number of benzene rings is 2. The number of pyridine rings is 1. The van der Waals surface area contributed by atoms with E-state index in [0.29, 0.717) is 91.5 Å². The van der Waals surface area contributed by atoms with Crippen LogP contribution in [0, 0.1) is 5.92 Å². The number of nitrogens with one attached hydrogen (secondary N) is 5. The summed E-state index contributed by atoms with van der Waals surface area (Å²) in [5.41, 5.74) is 15.9. The lowest BCUT2D eigenvalue weighted by atomic mass is 10.0. The third-order valence-corrected chi connectivity index (χ3v) is 12.5. The molecule has 0 aliphatic carbocycles. The summed E-state index contributed by atoms with van der Waals surface area (Å²) in [4.78, 5) is 117. The number of Topliss-reactive ketones (excluding diaryl/α,β-unsaturated/α-hetero) is 1. The number of nitrogen functional groups attached to an aromatic ring is 1. The predicted octanol–water partition coefficient (Wildman–Crippen LogP) is 4.00. The highest BCUT2D eigenvalue weighted by Crippen LogP contribution is 2.31. The standard InChI is InChI=1S/C52H63ClN12O10/c1-32(2)45(63-42(67)8-4-3-5-22-65-43(68)17-18-44(65)69)50(71)62-39(7-6-20-57-51(55)72)49(70)60-37-15-11-34(12-16-37)31-75-52(73)58-21-19-33-9-13-35(14-10-33)40-30-59-48(54)46(61-40)41(66)27-36-28-56-29-38(53)47(36)64-23-25-74-26-24-64/h9-18,28-30,32,39,45H,3-8,19-27,31H2,1-2H3,(H2,54,59)(H,58,73)(H,60,70)(H,62,71)(H,63,67)(H3,55,57,72)/t39-,45-/m0/s1. The zero-order valence-corrected chi connectivity index (χ0v) is 42.7. The fourth-order valence-electron chi connectivity index (χ4n) is 8.22. The average molecular weight is 1050 g/mol. The SMILES string of the molecule is CC(C)[C@H](NC(=O)CCCCCN1C(=O)C=CC1=O)C(=O)N[C@@H](CCCNC(N)=O)C(=O)Nc1ccc(COC(=O)NCCc2ccc(-c3cnc(N)c(C(=O)Cc4cncc(Cl)c4N4CCOCC4)n3)cc2)cc1. The number of hydrogen-bond acceptors (Lipinski definition) is 15. The van der Waals surface area contributed by atoms with Crippen molar-refractivity contribution in [3.63, 3.8) is 0 Å². The number of carbonyl (C=O) groups excluding carboxylic acids is 8. The Labute approximate surface area is 439 Å². The second-order valence-corrected chi connectivity index (χ2v) is 18.6. The van der Waals surface area contributed by atoms with Crippen LogP contribution >= 0.6 is 11.6 Å². The Hall–Kier alpha value is -7.98. The number of alkyl carbamates (subject to hydrolysis) is 1. The van der Waals surface area contributed by atoms with Gasteiger partial charge in [0.25, 0.3) is 11.8 Å². The molecule has 75 heavy (non-hydrogen) atoms. The molecule has 0 radical (unpaired) electrons. The number of amides is 8. The number of ether oxygens (including phenoxy) is 2. The maximum Gasteiger partial charge on any atom is 0.407 e. The van der Waals surface area contributed by atoms with Gasteiger partial charge in [-0.25, -0.2) is 19.6 Å². The molecule has 8 amide bonds. The highest BCUT2D eigenvalue weighted by molar-refractivity contribution is 6.33. The molecule has 1 fully saturated rings. The van der Waals surface area contributed by atoms with Gasteiger partial charge in [0.15, 0.2) is 11.6 Å². The van der Waals surface area contributed by atoms with Crippen LogP contribution in [0.5, 0.6) is 0 Å². The first-order valence-corrected chi connectivity index (χ1v) is 25.1. The number of carbonyl (C=O) groups is 8. The van der Waals surface area contributed by atoms with Crippen LogP contribution < -0.4 is 43.0 Å². The van der Waals surface area contributed by atoms with Crippen LogP contribution in [-0.2, 0) is 52.9 Å². The summed E-state index contributed by atoms with van der Waals surface area (Å²) in [6, 6.07) is 11.3. The number of anilines is 3. The Bertz CT molecular complexity index is 2700. The van der Waals surface area contributed by atoms with E-state index in [2.05, 4.69) is 46.4 Å². The van der Waals surface area contributed by atoms with E-state index in [0.717, 1.165) is 16.2 Å². The Morgan fingerprint density at radius 1 is 0.827 bits per heavy atom. The minimum absolute atomic E-state index is 0.0113. The normalized spacial score (nSPS) is 14.0. The number of rotatable bonds is 26. The van der Waals surface area contributed by atoms with Crippen LogP contribution in [0.15, 0.2) is 79.3 Å². The molecule has 0 saturated carbocycles. The third-order valence-electron chi connectivity index (χ3n) is 12.3. The molecule has 0 bridgehead atoms. The maximum absolute atomic E-state index is 13.6. The van der Waals surface area contributed by atoms with Crippen LogP contribution in [0.4, 0.5) is 26.8 Å². The molecule has 4 aromatic rings. The van der Waals surface area contributed by atoms with E-state index in [1.807, 2.05) is 24.3 Å². The number of nitrogens with two attached hydrogens (primary N) is 2. The van der Waals surface area contributed by atoms with E-state index < -0.39 is 36.0 Å². The lowest BCUT2D eigenvalue weighted by Gasteiger charge is -2.31. The van der Waals surface area contributed by atoms with Gasteiger partial charge in [0.05, 0.1) is 35.8 Å². The lowest BCUT2D eigenvalue weighted by Crippen LogP contribution is -2.54. The second-order valence-electron chi connectivity index (χ2n) is 18.2. The van der Waals surface area contributed by atoms with E-state index in [9.17, 15) is 38.4 Å². The van der Waals surface area contributed by atoms with Crippen LogP contribution in [-0.4, -0.2) is 125 Å². The summed E-state index contributed by atoms with van der Waals surface area (Å²) in [6.45, 7) is 6.51. The Morgan fingerprint density at radius 3 is 2.23 bits per heavy atom. The maximum atomic E-state index is 13.6. The highest BCUT2D eigenvalue weighted by atomic mass is 35.5. The van der Waals surface area contributed by atoms with Crippen molar-refractivity contribution in [2.75, 3.05) is 61.9 Å². The molecule has 2 aliphatic heterocycles. The summed E-state index contributed by atoms with van der Waals surface area (Å²) >= 11 is 6.54. The quantitative estimate of drug-likeness (QED) is 0.0266. The Kier molecular flexibility index (Phi) is 20.9. The van der Waals surface area contributed by atoms with E-state index in [4.69, 9.17) is 32.5 Å². The molecule has 4 heterocycles. The van der Waals surface area contributed by atoms with Gasteiger partial charge in [-0.1, -0.05) is 68.3 Å². The molecule has 0 spiro atoms. The van der Waals surface area contributed by atoms with Crippen molar-refractivity contribution in [3.8, 4) is 11.3 Å². The van der Waals surface area contributed by atoms with E-state index in [1.165, 1.54) is 18.3 Å². The number of nitrogens with zero attached hydrogens (tertiary/aromatic N) is 5. The van der Waals surface area contributed by atoms with Gasteiger partial charge in [0.2, 0.25) is 17.7 Å². The number of aromatic nitrogens is 3. The average Bonchev–Trinajstić information content (AvgIpc) is 3.71. The molecule has 9 N–H and O–H groups in total. The van der Waals surface area contributed by atoms with Gasteiger partial charge in [-0.2, -0.15) is 0 Å². The Balaban J connectivity index is 0.937. The van der Waals surface area contributed by atoms with Gasteiger partial charge >= 0.3 is 12.1 Å². The fourth-order valence-corrected chi connectivity index (χ4v) is 8.51. The number of unbranched alkanes of at least 4 members (excludes halogenated alkanes) is 2. The van der Waals surface area contributed by atoms with Crippen molar-refractivity contribution in [2.45, 2.75) is 83.9 Å². The van der Waals surface area contributed by atoms with Gasteiger partial charge in [0, 0.05) is 86.9 Å². The Morgan fingerprint density at radius 2 is 1.53 bits per heavy atom. The van der Waals surface area contributed by atoms with Crippen LogP contribution in [0.3, 0.4) is 0 Å². The van der Waals surface area contributed by atoms with Crippen molar-refractivity contribution < 1.29 is 47.8 Å². The number of halogens is 1. The van der Waals surface area contributed by atoms with E-state index in [-0.39, 0.29) is 86.4 Å². The molecule has 398 valence electrons. The second kappa shape index (κ2) is 27.9. The van der Waals surface area contributed by atoms with Gasteiger partial charge in [0.1, 0.15) is 24.4 Å². The van der Waals surface area contributed by atoms with Gasteiger partial charge in [-0.05, 0) is 61.3 Å². The summed E-state index contributed by atoms with van der Waals surface area (Å²) in [5.74, 6) is -2.84. The molecule has 2 aromatic carbocycles. The third kappa shape index (κ3) is 17.0. The molecule has 0 unspecified atom stereocenters. The van der Waals surface area contributed by atoms with Gasteiger partial charge in [-0.15, -0.1) is 0 Å². The smallest absolute Gasteiger partial charge is 0.407 e. The first-order chi connectivity index (χ1) is 36.1. The number of urea groups is 1. The number of imide groups is 1. The summed E-state index contributed by atoms with van der Waals surface area (Å²) in [6.07, 6.45) is 9.07. The predicted molar refractivity (Wildman–Crippen MR) is 279 cm³/mol. The largest absolute Gasteiger partial charge is 0.445 e.